The maximum atomic E-state index is 4.42. The van der Waals surface area contributed by atoms with Crippen molar-refractivity contribution in [1.29, 1.82) is 0 Å². The molecule has 1 aromatic heterocycles. The summed E-state index contributed by atoms with van der Waals surface area (Å²) in [5.41, 5.74) is 1.30. The second kappa shape index (κ2) is 5.88. The van der Waals surface area contributed by atoms with E-state index in [4.69, 9.17) is 0 Å². The van der Waals surface area contributed by atoms with Gasteiger partial charge in [0, 0.05) is 24.8 Å². The third-order valence-electron chi connectivity index (χ3n) is 3.03. The van der Waals surface area contributed by atoms with E-state index in [1.165, 1.54) is 15.6 Å². The molecule has 0 fully saturated rings. The molecule has 0 saturated carbocycles. The second-order valence-electron chi connectivity index (χ2n) is 4.27. The zero-order valence-corrected chi connectivity index (χ0v) is 13.4. The van der Waals surface area contributed by atoms with Gasteiger partial charge < -0.3 is 10.2 Å². The quantitative estimate of drug-likeness (QED) is 0.820. The fourth-order valence-corrected chi connectivity index (χ4v) is 2.80. The molecule has 1 aliphatic rings. The maximum Gasteiger partial charge on any atom is 0.194 e. The SMILES string of the molecule is CN1CCN=C1NCc1ccc2sccc2c1.I. The summed E-state index contributed by atoms with van der Waals surface area (Å²) in [6.45, 7) is 2.77. The Morgan fingerprint density at radius 2 is 2.28 bits per heavy atom. The van der Waals surface area contributed by atoms with E-state index >= 15 is 0 Å². The molecular weight excluding hydrogens is 357 g/mol. The van der Waals surface area contributed by atoms with Crippen molar-refractivity contribution in [3.8, 4) is 0 Å². The highest BCUT2D eigenvalue weighted by molar-refractivity contribution is 14.0. The standard InChI is InChI=1S/C13H15N3S.HI/c1-16-6-5-14-13(16)15-9-10-2-3-12-11(8-10)4-7-17-12;/h2-4,7-8H,5-6,9H2,1H3,(H,14,15);1H. The van der Waals surface area contributed by atoms with Gasteiger partial charge in [0.2, 0.25) is 0 Å². The first-order valence-electron chi connectivity index (χ1n) is 5.78. The van der Waals surface area contributed by atoms with Gasteiger partial charge >= 0.3 is 0 Å². The van der Waals surface area contributed by atoms with Crippen molar-refractivity contribution in [3.63, 3.8) is 0 Å². The van der Waals surface area contributed by atoms with Gasteiger partial charge in [-0.3, -0.25) is 4.99 Å². The van der Waals surface area contributed by atoms with Crippen molar-refractivity contribution in [2.45, 2.75) is 6.54 Å². The van der Waals surface area contributed by atoms with E-state index in [1.807, 2.05) is 0 Å². The summed E-state index contributed by atoms with van der Waals surface area (Å²) in [6, 6.07) is 8.79. The summed E-state index contributed by atoms with van der Waals surface area (Å²) in [4.78, 5) is 6.57. The largest absolute Gasteiger partial charge is 0.352 e. The Morgan fingerprint density at radius 1 is 1.39 bits per heavy atom. The molecule has 1 N–H and O–H groups in total. The molecule has 1 aromatic carbocycles. The first-order chi connectivity index (χ1) is 8.33. The topological polar surface area (TPSA) is 27.6 Å². The smallest absolute Gasteiger partial charge is 0.194 e. The Labute approximate surface area is 128 Å². The van der Waals surface area contributed by atoms with Gasteiger partial charge in [-0.15, -0.1) is 35.3 Å². The normalized spacial score (nSPS) is 14.5. The summed E-state index contributed by atoms with van der Waals surface area (Å²) < 4.78 is 1.35. The Hall–Kier alpha value is -0.820. The predicted octanol–water partition coefficient (Wildman–Crippen LogP) is 2.91. The summed E-state index contributed by atoms with van der Waals surface area (Å²) in [5.74, 6) is 1.01. The predicted molar refractivity (Wildman–Crippen MR) is 89.0 cm³/mol. The molecule has 0 saturated heterocycles. The molecule has 0 amide bonds. The number of nitrogens with zero attached hydrogens (tertiary/aromatic N) is 2. The summed E-state index contributed by atoms with van der Waals surface area (Å²) in [6.07, 6.45) is 0. The van der Waals surface area contributed by atoms with Gasteiger partial charge in [0.25, 0.3) is 0 Å². The van der Waals surface area contributed by atoms with Gasteiger partial charge in [-0.05, 0) is 34.5 Å². The van der Waals surface area contributed by atoms with Crippen LogP contribution in [0.15, 0.2) is 34.6 Å². The number of aliphatic imine (C=N–C) groups is 1. The van der Waals surface area contributed by atoms with Gasteiger partial charge in [0.1, 0.15) is 0 Å². The fourth-order valence-electron chi connectivity index (χ4n) is 2.03. The Bertz CT molecular complexity index is 564. The van der Waals surface area contributed by atoms with Crippen LogP contribution < -0.4 is 5.32 Å². The van der Waals surface area contributed by atoms with Crippen LogP contribution in [0.3, 0.4) is 0 Å². The van der Waals surface area contributed by atoms with Crippen LogP contribution >= 0.6 is 35.3 Å². The lowest BCUT2D eigenvalue weighted by atomic mass is 10.2. The molecule has 5 heteroatoms. The third kappa shape index (κ3) is 2.77. The zero-order valence-electron chi connectivity index (χ0n) is 10.2. The van der Waals surface area contributed by atoms with Gasteiger partial charge in [-0.25, -0.2) is 0 Å². The fraction of sp³-hybridized carbons (Fsp3) is 0.308. The van der Waals surface area contributed by atoms with Gasteiger partial charge in [-0.2, -0.15) is 0 Å². The van der Waals surface area contributed by atoms with Crippen LogP contribution in [-0.4, -0.2) is 31.0 Å². The average Bonchev–Trinajstić information content (AvgIpc) is 2.94. The number of halogens is 1. The van der Waals surface area contributed by atoms with Gasteiger partial charge in [0.05, 0.1) is 6.54 Å². The van der Waals surface area contributed by atoms with E-state index in [9.17, 15) is 0 Å². The molecule has 1 aliphatic heterocycles. The summed E-state index contributed by atoms with van der Waals surface area (Å²) in [5, 5.41) is 6.85. The van der Waals surface area contributed by atoms with Gasteiger partial charge in [-0.1, -0.05) is 6.07 Å². The van der Waals surface area contributed by atoms with E-state index in [-0.39, 0.29) is 24.0 Å². The van der Waals surface area contributed by atoms with Crippen LogP contribution in [-0.2, 0) is 6.54 Å². The molecule has 2 heterocycles. The van der Waals surface area contributed by atoms with Crippen LogP contribution in [0.1, 0.15) is 5.56 Å². The number of nitrogens with one attached hydrogen (secondary N) is 1. The van der Waals surface area contributed by atoms with E-state index in [0.717, 1.165) is 25.6 Å². The van der Waals surface area contributed by atoms with Crippen LogP contribution in [0.5, 0.6) is 0 Å². The zero-order chi connectivity index (χ0) is 11.7. The van der Waals surface area contributed by atoms with Crippen molar-refractivity contribution in [3.05, 3.63) is 35.2 Å². The highest BCUT2D eigenvalue weighted by atomic mass is 127. The molecule has 18 heavy (non-hydrogen) atoms. The number of likely N-dealkylation sites (N-methyl/N-ethyl adjacent to an activating group) is 1. The molecule has 0 unspecified atom stereocenters. The monoisotopic (exact) mass is 373 g/mol. The van der Waals surface area contributed by atoms with E-state index in [0.29, 0.717) is 0 Å². The Balaban J connectivity index is 0.00000120. The van der Waals surface area contributed by atoms with E-state index in [1.54, 1.807) is 11.3 Å². The number of fused-ring (bicyclic) bond motifs is 1. The van der Waals surface area contributed by atoms with Crippen molar-refractivity contribution in [2.24, 2.45) is 4.99 Å². The van der Waals surface area contributed by atoms with Crippen molar-refractivity contribution < 1.29 is 0 Å². The highest BCUT2D eigenvalue weighted by Gasteiger charge is 2.11. The number of rotatable bonds is 2. The van der Waals surface area contributed by atoms with Crippen molar-refractivity contribution in [1.82, 2.24) is 10.2 Å². The number of thiophene rings is 1. The molecule has 3 nitrogen and oxygen atoms in total. The minimum Gasteiger partial charge on any atom is -0.352 e. The van der Waals surface area contributed by atoms with Crippen molar-refractivity contribution >= 4 is 51.4 Å². The van der Waals surface area contributed by atoms with Crippen LogP contribution in [0.25, 0.3) is 10.1 Å². The number of guanidine groups is 1. The number of hydrogen-bond acceptors (Lipinski definition) is 4. The number of hydrogen-bond donors (Lipinski definition) is 1. The van der Waals surface area contributed by atoms with Crippen LogP contribution in [0, 0.1) is 0 Å². The molecule has 0 atom stereocenters. The second-order valence-corrected chi connectivity index (χ2v) is 5.22. The third-order valence-corrected chi connectivity index (χ3v) is 3.92. The highest BCUT2D eigenvalue weighted by Crippen LogP contribution is 2.21. The van der Waals surface area contributed by atoms with Crippen molar-refractivity contribution in [2.75, 3.05) is 20.1 Å². The first-order valence-corrected chi connectivity index (χ1v) is 6.66. The average molecular weight is 373 g/mol. The lowest BCUT2D eigenvalue weighted by molar-refractivity contribution is 0.534. The molecule has 3 rings (SSSR count). The Morgan fingerprint density at radius 3 is 3.06 bits per heavy atom. The molecule has 2 aromatic rings. The minimum absolute atomic E-state index is 0. The maximum absolute atomic E-state index is 4.42. The van der Waals surface area contributed by atoms with E-state index < -0.39 is 0 Å². The molecule has 96 valence electrons. The minimum atomic E-state index is 0. The van der Waals surface area contributed by atoms with Crippen LogP contribution in [0.4, 0.5) is 0 Å². The number of benzene rings is 1. The lowest BCUT2D eigenvalue weighted by Crippen LogP contribution is -2.35. The lowest BCUT2D eigenvalue weighted by Gasteiger charge is -2.15. The van der Waals surface area contributed by atoms with Crippen LogP contribution in [0.2, 0.25) is 0 Å². The summed E-state index contributed by atoms with van der Waals surface area (Å²) in [7, 11) is 2.07. The molecule has 0 bridgehead atoms. The molecule has 0 radical (unpaired) electrons. The summed E-state index contributed by atoms with van der Waals surface area (Å²) >= 11 is 1.79. The van der Waals surface area contributed by atoms with E-state index in [2.05, 4.69) is 51.9 Å². The Kier molecular flexibility index (Phi) is 4.45. The first kappa shape index (κ1) is 13.6. The molecule has 0 aliphatic carbocycles. The molecular formula is C13H16IN3S. The van der Waals surface area contributed by atoms with Gasteiger partial charge in [0.15, 0.2) is 5.96 Å². The molecule has 0 spiro atoms.